The minimum atomic E-state index is -1.03. The Morgan fingerprint density at radius 2 is 2.18 bits per heavy atom. The van der Waals surface area contributed by atoms with Crippen LogP contribution in [0.1, 0.15) is 12.5 Å². The maximum Gasteiger partial charge on any atom is 0.256 e. The molecule has 1 aliphatic rings. The molecule has 1 aromatic carbocycles. The quantitative estimate of drug-likeness (QED) is 0.797. The molecule has 0 radical (unpaired) electrons. The van der Waals surface area contributed by atoms with E-state index in [1.165, 1.54) is 18.2 Å². The third-order valence-corrected chi connectivity index (χ3v) is 3.06. The van der Waals surface area contributed by atoms with Gasteiger partial charge in [-0.3, -0.25) is 15.1 Å². The second kappa shape index (κ2) is 4.00. The molecule has 2 rings (SSSR count). The number of carbonyl (C=O) groups is 1. The fourth-order valence-electron chi connectivity index (χ4n) is 1.75. The topological polar surface area (TPSA) is 53.5 Å². The average Bonchev–Trinajstić information content (AvgIpc) is 2.55. The fourth-order valence-corrected chi connectivity index (χ4v) is 2.11. The molecule has 4 nitrogen and oxygen atoms in total. The molecular weight excluding hydrogens is 245 g/mol. The summed E-state index contributed by atoms with van der Waals surface area (Å²) in [7, 11) is 1.56. The van der Waals surface area contributed by atoms with Gasteiger partial charge in [0.05, 0.1) is 0 Å². The number of guanidine groups is 1. The Kier molecular flexibility index (Phi) is 2.79. The van der Waals surface area contributed by atoms with E-state index in [2.05, 4.69) is 15.6 Å². The van der Waals surface area contributed by atoms with Crippen LogP contribution >= 0.6 is 11.6 Å². The zero-order valence-corrected chi connectivity index (χ0v) is 10.1. The second-order valence-electron chi connectivity index (χ2n) is 3.90. The number of nitrogens with zero attached hydrogens (tertiary/aromatic N) is 1. The van der Waals surface area contributed by atoms with E-state index in [0.29, 0.717) is 11.5 Å². The molecule has 0 aliphatic carbocycles. The van der Waals surface area contributed by atoms with Crippen molar-refractivity contribution >= 4 is 23.5 Å². The molecule has 1 fully saturated rings. The molecular formula is C11H11ClFN3O. The van der Waals surface area contributed by atoms with E-state index in [0.717, 1.165) is 0 Å². The molecule has 0 spiro atoms. The van der Waals surface area contributed by atoms with Gasteiger partial charge in [0.1, 0.15) is 11.4 Å². The average molecular weight is 256 g/mol. The van der Waals surface area contributed by atoms with Crippen LogP contribution in [0.25, 0.3) is 0 Å². The highest BCUT2D eigenvalue weighted by Crippen LogP contribution is 2.30. The third kappa shape index (κ3) is 1.86. The van der Waals surface area contributed by atoms with Crippen molar-refractivity contribution in [2.24, 2.45) is 4.99 Å². The van der Waals surface area contributed by atoms with Gasteiger partial charge in [0.2, 0.25) is 0 Å². The molecule has 1 saturated heterocycles. The summed E-state index contributed by atoms with van der Waals surface area (Å²) < 4.78 is 13.0. The van der Waals surface area contributed by atoms with Gasteiger partial charge in [-0.05, 0) is 19.1 Å². The number of hydrogen-bond donors (Lipinski definition) is 2. The summed E-state index contributed by atoms with van der Waals surface area (Å²) in [5, 5.41) is 5.71. The Morgan fingerprint density at radius 3 is 2.71 bits per heavy atom. The Bertz CT molecular complexity index is 517. The van der Waals surface area contributed by atoms with Crippen LogP contribution in [0.4, 0.5) is 4.39 Å². The van der Waals surface area contributed by atoms with Gasteiger partial charge in [-0.2, -0.15) is 0 Å². The van der Waals surface area contributed by atoms with Crippen LogP contribution in [-0.4, -0.2) is 18.9 Å². The molecule has 1 aromatic rings. The number of carbonyl (C=O) groups excluding carboxylic acids is 1. The lowest BCUT2D eigenvalue weighted by Crippen LogP contribution is -2.41. The maximum absolute atomic E-state index is 13.0. The summed E-state index contributed by atoms with van der Waals surface area (Å²) in [6, 6.07) is 3.93. The van der Waals surface area contributed by atoms with Gasteiger partial charge < -0.3 is 5.32 Å². The van der Waals surface area contributed by atoms with Gasteiger partial charge in [-0.25, -0.2) is 4.39 Å². The molecule has 1 aliphatic heterocycles. The van der Waals surface area contributed by atoms with E-state index in [-0.39, 0.29) is 10.9 Å². The van der Waals surface area contributed by atoms with E-state index in [1.807, 2.05) is 0 Å². The summed E-state index contributed by atoms with van der Waals surface area (Å²) in [5.74, 6) is -0.338. The smallest absolute Gasteiger partial charge is 0.256 e. The number of hydrogen-bond acceptors (Lipinski definition) is 2. The van der Waals surface area contributed by atoms with Crippen LogP contribution in [0.2, 0.25) is 5.02 Å². The summed E-state index contributed by atoms with van der Waals surface area (Å²) >= 11 is 5.96. The predicted molar refractivity (Wildman–Crippen MR) is 63.4 cm³/mol. The highest BCUT2D eigenvalue weighted by atomic mass is 35.5. The molecule has 1 heterocycles. The lowest BCUT2D eigenvalue weighted by molar-refractivity contribution is -0.123. The third-order valence-electron chi connectivity index (χ3n) is 2.75. The molecule has 2 N–H and O–H groups in total. The van der Waals surface area contributed by atoms with Crippen LogP contribution in [0.5, 0.6) is 0 Å². The predicted octanol–water partition coefficient (Wildman–Crippen LogP) is 1.40. The molecule has 0 bridgehead atoms. The second-order valence-corrected chi connectivity index (χ2v) is 4.31. The first-order valence-corrected chi connectivity index (χ1v) is 5.37. The van der Waals surface area contributed by atoms with Crippen LogP contribution in [0.15, 0.2) is 23.2 Å². The van der Waals surface area contributed by atoms with Crippen molar-refractivity contribution in [3.05, 3.63) is 34.6 Å². The van der Waals surface area contributed by atoms with Gasteiger partial charge >= 0.3 is 0 Å². The zero-order chi connectivity index (χ0) is 12.6. The van der Waals surface area contributed by atoms with E-state index >= 15 is 0 Å². The van der Waals surface area contributed by atoms with Gasteiger partial charge in [0, 0.05) is 17.6 Å². The Balaban J connectivity index is 2.49. The Hall–Kier alpha value is -1.62. The lowest BCUT2D eigenvalue weighted by Gasteiger charge is -2.22. The first-order chi connectivity index (χ1) is 7.97. The molecule has 17 heavy (non-hydrogen) atoms. The van der Waals surface area contributed by atoms with E-state index in [9.17, 15) is 9.18 Å². The fraction of sp³-hybridized carbons (Fsp3) is 0.273. The summed E-state index contributed by atoms with van der Waals surface area (Å²) in [6.07, 6.45) is 0. The monoisotopic (exact) mass is 255 g/mol. The first-order valence-electron chi connectivity index (χ1n) is 4.99. The molecule has 0 aromatic heterocycles. The summed E-state index contributed by atoms with van der Waals surface area (Å²) in [5.41, 5.74) is -0.517. The van der Waals surface area contributed by atoms with Crippen LogP contribution in [0, 0.1) is 5.82 Å². The Morgan fingerprint density at radius 1 is 1.47 bits per heavy atom. The number of amides is 1. The number of aliphatic imine (C=N–C) groups is 1. The molecule has 90 valence electrons. The summed E-state index contributed by atoms with van der Waals surface area (Å²) in [6.45, 7) is 1.67. The molecule has 6 heteroatoms. The minimum absolute atomic E-state index is 0.201. The van der Waals surface area contributed by atoms with Gasteiger partial charge in [-0.15, -0.1) is 0 Å². The van der Waals surface area contributed by atoms with Crippen LogP contribution in [0.3, 0.4) is 0 Å². The molecule has 1 atom stereocenters. The van der Waals surface area contributed by atoms with Crippen LogP contribution < -0.4 is 10.6 Å². The van der Waals surface area contributed by atoms with Crippen molar-refractivity contribution < 1.29 is 9.18 Å². The van der Waals surface area contributed by atoms with E-state index in [4.69, 9.17) is 11.6 Å². The van der Waals surface area contributed by atoms with Crippen molar-refractivity contribution in [1.82, 2.24) is 10.6 Å². The lowest BCUT2D eigenvalue weighted by atomic mass is 9.92. The first kappa shape index (κ1) is 11.9. The zero-order valence-electron chi connectivity index (χ0n) is 9.34. The maximum atomic E-state index is 13.0. The van der Waals surface area contributed by atoms with E-state index in [1.54, 1.807) is 14.0 Å². The highest BCUT2D eigenvalue weighted by Gasteiger charge is 2.43. The molecule has 1 amide bonds. The highest BCUT2D eigenvalue weighted by molar-refractivity contribution is 6.32. The number of rotatable bonds is 1. The van der Waals surface area contributed by atoms with Crippen molar-refractivity contribution in [1.29, 1.82) is 0 Å². The standard InChI is InChI=1S/C11H11ClFN3O/c1-11(9(17)15-10(14-2)16-11)7-4-3-6(13)5-8(7)12/h3-5H,1-2H3,(H2,14,15,16,17). The van der Waals surface area contributed by atoms with Crippen molar-refractivity contribution in [2.75, 3.05) is 7.05 Å². The van der Waals surface area contributed by atoms with Crippen LogP contribution in [-0.2, 0) is 10.3 Å². The SMILES string of the molecule is CN=C1NC(=O)C(C)(c2ccc(F)cc2Cl)N1. The molecule has 0 saturated carbocycles. The number of nitrogens with one attached hydrogen (secondary N) is 2. The van der Waals surface area contributed by atoms with Crippen molar-refractivity contribution in [2.45, 2.75) is 12.5 Å². The number of benzene rings is 1. The summed E-state index contributed by atoms with van der Waals surface area (Å²) in [4.78, 5) is 15.8. The van der Waals surface area contributed by atoms with Crippen molar-refractivity contribution in [3.8, 4) is 0 Å². The Labute approximate surface area is 103 Å². The van der Waals surface area contributed by atoms with E-state index < -0.39 is 11.4 Å². The van der Waals surface area contributed by atoms with Gasteiger partial charge in [0.25, 0.3) is 5.91 Å². The molecule has 1 unspecified atom stereocenters. The normalized spacial score (nSPS) is 25.9. The van der Waals surface area contributed by atoms with Gasteiger partial charge in [-0.1, -0.05) is 17.7 Å². The van der Waals surface area contributed by atoms with Crippen molar-refractivity contribution in [3.63, 3.8) is 0 Å². The minimum Gasteiger partial charge on any atom is -0.338 e. The largest absolute Gasteiger partial charge is 0.338 e. The number of halogens is 2. The van der Waals surface area contributed by atoms with Gasteiger partial charge in [0.15, 0.2) is 5.96 Å².